The first-order valence-corrected chi connectivity index (χ1v) is 12.4. The maximum absolute atomic E-state index is 13.8. The Labute approximate surface area is 202 Å². The molecule has 6 nitrogen and oxygen atoms in total. The largest absolute Gasteiger partial charge is 0.497 e. The Hall–Kier alpha value is -2.86. The van der Waals surface area contributed by atoms with Crippen molar-refractivity contribution in [2.75, 3.05) is 32.1 Å². The van der Waals surface area contributed by atoms with Crippen molar-refractivity contribution in [2.24, 2.45) is 0 Å². The molecule has 0 radical (unpaired) electrons. The molecular formula is C28H37N2O4+. The lowest BCUT2D eigenvalue weighted by atomic mass is 10.0. The number of anilines is 1. The van der Waals surface area contributed by atoms with Crippen LogP contribution >= 0.6 is 0 Å². The van der Waals surface area contributed by atoms with Gasteiger partial charge in [0.2, 0.25) is 0 Å². The summed E-state index contributed by atoms with van der Waals surface area (Å²) < 4.78 is 11.6. The maximum atomic E-state index is 13.8. The number of quaternary nitrogens is 1. The highest BCUT2D eigenvalue weighted by Gasteiger charge is 2.66. The summed E-state index contributed by atoms with van der Waals surface area (Å²) in [4.78, 5) is 26.9. The van der Waals surface area contributed by atoms with Gasteiger partial charge in [-0.15, -0.1) is 0 Å². The average molecular weight is 466 g/mol. The zero-order valence-corrected chi connectivity index (χ0v) is 20.7. The van der Waals surface area contributed by atoms with E-state index in [1.165, 1.54) is 0 Å². The molecule has 1 aliphatic carbocycles. The Kier molecular flexibility index (Phi) is 7.27. The number of hydrogen-bond donors (Lipinski definition) is 1. The van der Waals surface area contributed by atoms with E-state index in [-0.39, 0.29) is 25.0 Å². The van der Waals surface area contributed by atoms with Crippen molar-refractivity contribution in [1.82, 2.24) is 0 Å². The van der Waals surface area contributed by atoms with Crippen LogP contribution in [-0.2, 0) is 20.9 Å². The second kappa shape index (κ2) is 10.2. The van der Waals surface area contributed by atoms with Crippen LogP contribution in [0.2, 0.25) is 0 Å². The third-order valence-electron chi connectivity index (χ3n) is 7.63. The summed E-state index contributed by atoms with van der Waals surface area (Å²) in [5.41, 5.74) is 3.21. The van der Waals surface area contributed by atoms with Crippen LogP contribution in [0, 0.1) is 13.8 Å². The van der Waals surface area contributed by atoms with Crippen molar-refractivity contribution in [3.8, 4) is 5.75 Å². The zero-order chi connectivity index (χ0) is 24.2. The third-order valence-corrected chi connectivity index (χ3v) is 7.63. The van der Waals surface area contributed by atoms with E-state index in [2.05, 4.69) is 5.32 Å². The lowest BCUT2D eigenvalue weighted by Crippen LogP contribution is -2.64. The molecule has 34 heavy (non-hydrogen) atoms. The highest BCUT2D eigenvalue weighted by atomic mass is 16.5. The van der Waals surface area contributed by atoms with Crippen molar-refractivity contribution in [1.29, 1.82) is 0 Å². The highest BCUT2D eigenvalue weighted by Crippen LogP contribution is 2.49. The SMILES string of the molecule is COc1cc(C)c(NC(=O)C2([N+]3(CC(=O)OCc4ccccc4)CCCCCC3)CC2)c(C)c1. The van der Waals surface area contributed by atoms with Crippen molar-refractivity contribution in [3.63, 3.8) is 0 Å². The van der Waals surface area contributed by atoms with Gasteiger partial charge in [0.05, 0.1) is 20.2 Å². The van der Waals surface area contributed by atoms with Crippen LogP contribution in [0.1, 0.15) is 55.2 Å². The number of esters is 1. The number of carbonyl (C=O) groups excluding carboxylic acids is 2. The number of benzene rings is 2. The summed E-state index contributed by atoms with van der Waals surface area (Å²) in [6.45, 7) is 6.18. The molecule has 1 saturated heterocycles. The molecular weight excluding hydrogens is 428 g/mol. The van der Waals surface area contributed by atoms with E-state index in [0.29, 0.717) is 4.48 Å². The van der Waals surface area contributed by atoms with Gasteiger partial charge in [-0.2, -0.15) is 0 Å². The lowest BCUT2D eigenvalue weighted by molar-refractivity contribution is -0.945. The van der Waals surface area contributed by atoms with Gasteiger partial charge in [0.1, 0.15) is 12.4 Å². The molecule has 0 bridgehead atoms. The van der Waals surface area contributed by atoms with Crippen LogP contribution in [-0.4, -0.2) is 48.6 Å². The van der Waals surface area contributed by atoms with E-state index in [1.807, 2.05) is 56.3 Å². The number of ether oxygens (including phenoxy) is 2. The first-order valence-electron chi connectivity index (χ1n) is 12.4. The number of aryl methyl sites for hydroxylation is 2. The molecule has 0 atom stereocenters. The van der Waals surface area contributed by atoms with Crippen LogP contribution in [0.4, 0.5) is 5.69 Å². The molecule has 0 aromatic heterocycles. The normalized spacial score (nSPS) is 18.4. The summed E-state index contributed by atoms with van der Waals surface area (Å²) in [6.07, 6.45) is 5.96. The Morgan fingerprint density at radius 3 is 2.15 bits per heavy atom. The number of carbonyl (C=O) groups is 2. The first-order chi connectivity index (χ1) is 16.4. The molecule has 2 aromatic carbocycles. The molecule has 6 heteroatoms. The van der Waals surface area contributed by atoms with E-state index in [9.17, 15) is 9.59 Å². The molecule has 4 rings (SSSR count). The average Bonchev–Trinajstić information content (AvgIpc) is 3.66. The van der Waals surface area contributed by atoms with Gasteiger partial charge < -0.3 is 19.3 Å². The van der Waals surface area contributed by atoms with Crippen LogP contribution in [0.3, 0.4) is 0 Å². The van der Waals surface area contributed by atoms with Gasteiger partial charge in [-0.05, 0) is 68.4 Å². The fourth-order valence-corrected chi connectivity index (χ4v) is 5.57. The number of rotatable bonds is 8. The highest BCUT2D eigenvalue weighted by molar-refractivity contribution is 6.00. The quantitative estimate of drug-likeness (QED) is 0.444. The van der Waals surface area contributed by atoms with Gasteiger partial charge in [0, 0.05) is 18.5 Å². The van der Waals surface area contributed by atoms with Crippen molar-refractivity contribution in [3.05, 3.63) is 59.2 Å². The van der Waals surface area contributed by atoms with E-state index < -0.39 is 5.54 Å². The number of methoxy groups -OCH3 is 1. The van der Waals surface area contributed by atoms with Crippen LogP contribution in [0.5, 0.6) is 5.75 Å². The van der Waals surface area contributed by atoms with E-state index >= 15 is 0 Å². The number of nitrogens with zero attached hydrogens (tertiary/aromatic N) is 1. The molecule has 2 aliphatic rings. The number of nitrogens with one attached hydrogen (secondary N) is 1. The van der Waals surface area contributed by atoms with Gasteiger partial charge in [-0.3, -0.25) is 4.79 Å². The van der Waals surface area contributed by atoms with Gasteiger partial charge in [-0.1, -0.05) is 30.3 Å². The molecule has 1 aliphatic heterocycles. The number of amides is 1. The van der Waals surface area contributed by atoms with Crippen molar-refractivity contribution >= 4 is 17.6 Å². The topological polar surface area (TPSA) is 64.6 Å². The second-order valence-corrected chi connectivity index (χ2v) is 9.93. The Morgan fingerprint density at radius 1 is 0.971 bits per heavy atom. The molecule has 182 valence electrons. The fraction of sp³-hybridized carbons (Fsp3) is 0.500. The molecule has 0 unspecified atom stereocenters. The predicted octanol–water partition coefficient (Wildman–Crippen LogP) is 4.92. The Balaban J connectivity index is 1.54. The molecule has 1 N–H and O–H groups in total. The summed E-state index contributed by atoms with van der Waals surface area (Å²) in [5, 5.41) is 3.24. The van der Waals surface area contributed by atoms with E-state index in [0.717, 1.165) is 79.7 Å². The minimum absolute atomic E-state index is 0.0293. The second-order valence-electron chi connectivity index (χ2n) is 9.93. The Bertz CT molecular complexity index is 999. The Morgan fingerprint density at radius 2 is 1.59 bits per heavy atom. The van der Waals surface area contributed by atoms with Crippen molar-refractivity contribution < 1.29 is 23.5 Å². The van der Waals surface area contributed by atoms with Gasteiger partial charge in [0.25, 0.3) is 5.91 Å². The lowest BCUT2D eigenvalue weighted by Gasteiger charge is -2.43. The summed E-state index contributed by atoms with van der Waals surface area (Å²) in [7, 11) is 1.65. The summed E-state index contributed by atoms with van der Waals surface area (Å²) in [6, 6.07) is 13.6. The van der Waals surface area contributed by atoms with Gasteiger partial charge in [0.15, 0.2) is 12.1 Å². The van der Waals surface area contributed by atoms with Gasteiger partial charge >= 0.3 is 5.97 Å². The zero-order valence-electron chi connectivity index (χ0n) is 20.7. The van der Waals surface area contributed by atoms with Crippen LogP contribution in [0.25, 0.3) is 0 Å². The van der Waals surface area contributed by atoms with Crippen LogP contribution in [0.15, 0.2) is 42.5 Å². The third kappa shape index (κ3) is 4.97. The minimum Gasteiger partial charge on any atom is -0.497 e. The van der Waals surface area contributed by atoms with Crippen LogP contribution < -0.4 is 10.1 Å². The minimum atomic E-state index is -0.561. The monoisotopic (exact) mass is 465 g/mol. The molecule has 1 heterocycles. The van der Waals surface area contributed by atoms with Crippen molar-refractivity contribution in [2.45, 2.75) is 64.5 Å². The van der Waals surface area contributed by atoms with E-state index in [4.69, 9.17) is 9.47 Å². The maximum Gasteiger partial charge on any atom is 0.362 e. The molecule has 1 saturated carbocycles. The summed E-state index contributed by atoms with van der Waals surface area (Å²) in [5.74, 6) is 0.592. The van der Waals surface area contributed by atoms with Gasteiger partial charge in [-0.25, -0.2) is 4.79 Å². The summed E-state index contributed by atoms with van der Waals surface area (Å²) >= 11 is 0. The number of likely N-dealkylation sites (tertiary alicyclic amines) is 1. The molecule has 1 amide bonds. The standard InChI is InChI=1S/C28H36N2O4/c1-21-17-24(33-3)18-22(2)26(21)29-27(32)28(13-14-28)30(15-9-4-5-10-16-30)19-25(31)34-20-23-11-7-6-8-12-23/h6-8,11-12,17-18H,4-5,9-10,13-16,19-20H2,1-3H3/p+1. The smallest absolute Gasteiger partial charge is 0.362 e. The van der Waals surface area contributed by atoms with E-state index in [1.54, 1.807) is 7.11 Å². The molecule has 2 fully saturated rings. The molecule has 0 spiro atoms. The fourth-order valence-electron chi connectivity index (χ4n) is 5.57. The number of hydrogen-bond acceptors (Lipinski definition) is 4. The first kappa shape index (κ1) is 24.3. The molecule has 2 aromatic rings. The predicted molar refractivity (Wildman–Crippen MR) is 133 cm³/mol.